The van der Waals surface area contributed by atoms with Crippen LogP contribution in [-0.2, 0) is 10.2 Å². The second kappa shape index (κ2) is 5.82. The predicted octanol–water partition coefficient (Wildman–Crippen LogP) is 1.34. The van der Waals surface area contributed by atoms with E-state index in [4.69, 9.17) is 5.14 Å². The lowest BCUT2D eigenvalue weighted by Crippen LogP contribution is -2.41. The van der Waals surface area contributed by atoms with Gasteiger partial charge in [0.25, 0.3) is 10.2 Å². The van der Waals surface area contributed by atoms with Gasteiger partial charge in [-0.05, 0) is 44.0 Å². The Morgan fingerprint density at radius 3 is 2.76 bits per heavy atom. The van der Waals surface area contributed by atoms with Gasteiger partial charge >= 0.3 is 0 Å². The molecule has 2 atom stereocenters. The zero-order chi connectivity index (χ0) is 14.9. The molecule has 2 aliphatic rings. The van der Waals surface area contributed by atoms with Crippen LogP contribution in [0.4, 0.5) is 11.4 Å². The molecule has 0 amide bonds. The van der Waals surface area contributed by atoms with Crippen molar-refractivity contribution >= 4 is 21.6 Å². The van der Waals surface area contributed by atoms with Gasteiger partial charge in [-0.1, -0.05) is 12.5 Å². The highest BCUT2D eigenvalue weighted by molar-refractivity contribution is 7.90. The molecule has 1 aromatic rings. The number of nitrogens with zero attached hydrogens (tertiary/aromatic N) is 1. The van der Waals surface area contributed by atoms with Gasteiger partial charge in [-0.2, -0.15) is 8.42 Å². The van der Waals surface area contributed by atoms with E-state index in [2.05, 4.69) is 14.9 Å². The Bertz CT molecular complexity index is 605. The summed E-state index contributed by atoms with van der Waals surface area (Å²) in [6, 6.07) is 8.31. The molecule has 116 valence electrons. The molecule has 3 rings (SSSR count). The van der Waals surface area contributed by atoms with Crippen molar-refractivity contribution in [3.8, 4) is 0 Å². The fourth-order valence-electron chi connectivity index (χ4n) is 3.47. The molecule has 0 radical (unpaired) electrons. The average molecular weight is 310 g/mol. The molecule has 7 heteroatoms. The third-order valence-corrected chi connectivity index (χ3v) is 4.85. The minimum atomic E-state index is -3.73. The van der Waals surface area contributed by atoms with E-state index in [0.717, 1.165) is 18.7 Å². The normalized spacial score (nSPS) is 26.3. The van der Waals surface area contributed by atoms with Crippen LogP contribution in [0, 0.1) is 0 Å². The van der Waals surface area contributed by atoms with Gasteiger partial charge in [-0.3, -0.25) is 9.62 Å². The van der Waals surface area contributed by atoms with Crippen molar-refractivity contribution in [3.05, 3.63) is 24.3 Å². The molecule has 21 heavy (non-hydrogen) atoms. The van der Waals surface area contributed by atoms with E-state index >= 15 is 0 Å². The van der Waals surface area contributed by atoms with E-state index in [-0.39, 0.29) is 0 Å². The van der Waals surface area contributed by atoms with Crippen molar-refractivity contribution in [2.75, 3.05) is 23.1 Å². The maximum Gasteiger partial charge on any atom is 0.296 e. The Balaban J connectivity index is 1.69. The average Bonchev–Trinajstić information content (AvgIpc) is 2.81. The Kier molecular flexibility index (Phi) is 4.05. The summed E-state index contributed by atoms with van der Waals surface area (Å²) in [6.45, 7) is 2.35. The van der Waals surface area contributed by atoms with E-state index in [1.165, 1.54) is 25.8 Å². The van der Waals surface area contributed by atoms with Crippen LogP contribution in [0.2, 0.25) is 0 Å². The highest BCUT2D eigenvalue weighted by atomic mass is 32.2. The van der Waals surface area contributed by atoms with Gasteiger partial charge in [0, 0.05) is 24.3 Å². The topological polar surface area (TPSA) is 87.5 Å². The van der Waals surface area contributed by atoms with Crippen molar-refractivity contribution in [1.82, 2.24) is 4.90 Å². The number of rotatable bonds is 4. The molecule has 2 fully saturated rings. The molecule has 2 aliphatic heterocycles. The molecule has 2 saturated heterocycles. The lowest BCUT2D eigenvalue weighted by Gasteiger charge is -2.33. The number of nitrogens with two attached hydrogens (primary N) is 1. The Labute approximate surface area is 125 Å². The minimum Gasteiger partial charge on any atom is -0.381 e. The molecule has 2 unspecified atom stereocenters. The van der Waals surface area contributed by atoms with Crippen LogP contribution < -0.4 is 15.2 Å². The van der Waals surface area contributed by atoms with E-state index in [1.54, 1.807) is 12.1 Å². The number of fused-ring (bicyclic) bond motifs is 1. The summed E-state index contributed by atoms with van der Waals surface area (Å²) < 4.78 is 24.5. The second-order valence-electron chi connectivity index (χ2n) is 5.87. The van der Waals surface area contributed by atoms with Crippen molar-refractivity contribution in [2.45, 2.75) is 37.8 Å². The van der Waals surface area contributed by atoms with Crippen LogP contribution in [-0.4, -0.2) is 38.5 Å². The lowest BCUT2D eigenvalue weighted by molar-refractivity contribution is 0.193. The lowest BCUT2D eigenvalue weighted by atomic mass is 9.99. The van der Waals surface area contributed by atoms with Gasteiger partial charge in [0.15, 0.2) is 0 Å². The summed E-state index contributed by atoms with van der Waals surface area (Å²) in [7, 11) is -3.73. The smallest absolute Gasteiger partial charge is 0.296 e. The molecule has 4 N–H and O–H groups in total. The van der Waals surface area contributed by atoms with E-state index in [1.807, 2.05) is 12.1 Å². The van der Waals surface area contributed by atoms with Gasteiger partial charge in [-0.25, -0.2) is 5.14 Å². The quantitative estimate of drug-likeness (QED) is 0.783. The van der Waals surface area contributed by atoms with Crippen molar-refractivity contribution in [2.24, 2.45) is 5.14 Å². The highest BCUT2D eigenvalue weighted by Crippen LogP contribution is 2.29. The molecular formula is C14H22N4O2S. The molecular weight excluding hydrogens is 288 g/mol. The SMILES string of the molecule is NS(=O)(=O)Nc1cccc(NC2CCN3CCCCC23)c1. The zero-order valence-electron chi connectivity index (χ0n) is 12.0. The number of hydrogen-bond donors (Lipinski definition) is 3. The van der Waals surface area contributed by atoms with Crippen molar-refractivity contribution in [3.63, 3.8) is 0 Å². The summed E-state index contributed by atoms with van der Waals surface area (Å²) in [4.78, 5) is 2.56. The van der Waals surface area contributed by atoms with Crippen LogP contribution in [0.1, 0.15) is 25.7 Å². The van der Waals surface area contributed by atoms with Gasteiger partial charge < -0.3 is 5.32 Å². The third kappa shape index (κ3) is 3.66. The maximum absolute atomic E-state index is 11.1. The third-order valence-electron chi connectivity index (χ3n) is 4.33. The summed E-state index contributed by atoms with van der Waals surface area (Å²) in [5.74, 6) is 0. The molecule has 0 aliphatic carbocycles. The summed E-state index contributed by atoms with van der Waals surface area (Å²) >= 11 is 0. The van der Waals surface area contributed by atoms with E-state index in [0.29, 0.717) is 17.8 Å². The molecule has 0 spiro atoms. The molecule has 0 bridgehead atoms. The van der Waals surface area contributed by atoms with E-state index in [9.17, 15) is 8.42 Å². The predicted molar refractivity (Wildman–Crippen MR) is 84.4 cm³/mol. The second-order valence-corrected chi connectivity index (χ2v) is 7.16. The highest BCUT2D eigenvalue weighted by Gasteiger charge is 2.35. The fourth-order valence-corrected chi connectivity index (χ4v) is 3.92. The first-order valence-electron chi connectivity index (χ1n) is 7.42. The Hall–Kier alpha value is -1.31. The van der Waals surface area contributed by atoms with E-state index < -0.39 is 10.2 Å². The van der Waals surface area contributed by atoms with Gasteiger partial charge in [-0.15, -0.1) is 0 Å². The monoisotopic (exact) mass is 310 g/mol. The summed E-state index contributed by atoms with van der Waals surface area (Å²) in [6.07, 6.45) is 4.98. The number of hydrogen-bond acceptors (Lipinski definition) is 4. The Morgan fingerprint density at radius 1 is 1.14 bits per heavy atom. The number of piperidine rings is 1. The van der Waals surface area contributed by atoms with Crippen molar-refractivity contribution < 1.29 is 8.42 Å². The maximum atomic E-state index is 11.1. The number of nitrogens with one attached hydrogen (secondary N) is 2. The fraction of sp³-hybridized carbons (Fsp3) is 0.571. The molecule has 0 aromatic heterocycles. The standard InChI is InChI=1S/C14H22N4O2S/c15-21(19,20)17-12-5-3-4-11(10-12)16-13-7-9-18-8-2-1-6-14(13)18/h3-5,10,13-14,16-17H,1-2,6-9H2,(H2,15,19,20). The summed E-state index contributed by atoms with van der Waals surface area (Å²) in [5, 5.41) is 8.55. The van der Waals surface area contributed by atoms with Gasteiger partial charge in [0.1, 0.15) is 0 Å². The first-order valence-corrected chi connectivity index (χ1v) is 8.97. The first kappa shape index (κ1) is 14.6. The largest absolute Gasteiger partial charge is 0.381 e. The molecule has 1 aromatic carbocycles. The zero-order valence-corrected chi connectivity index (χ0v) is 12.8. The molecule has 6 nitrogen and oxygen atoms in total. The van der Waals surface area contributed by atoms with Crippen LogP contribution in [0.5, 0.6) is 0 Å². The van der Waals surface area contributed by atoms with Gasteiger partial charge in [0.05, 0.1) is 5.69 Å². The van der Waals surface area contributed by atoms with Crippen LogP contribution in [0.3, 0.4) is 0 Å². The Morgan fingerprint density at radius 2 is 1.95 bits per heavy atom. The molecule has 0 saturated carbocycles. The number of anilines is 2. The summed E-state index contributed by atoms with van der Waals surface area (Å²) in [5.41, 5.74) is 1.42. The van der Waals surface area contributed by atoms with Crippen LogP contribution in [0.25, 0.3) is 0 Å². The van der Waals surface area contributed by atoms with Crippen LogP contribution >= 0.6 is 0 Å². The van der Waals surface area contributed by atoms with Crippen LogP contribution in [0.15, 0.2) is 24.3 Å². The number of benzene rings is 1. The first-order chi connectivity index (χ1) is 10.0. The minimum absolute atomic E-state index is 0.440. The van der Waals surface area contributed by atoms with Crippen molar-refractivity contribution in [1.29, 1.82) is 0 Å². The molecule has 2 heterocycles. The van der Waals surface area contributed by atoms with Gasteiger partial charge in [0.2, 0.25) is 0 Å².